The number of hydrogen-bond acceptors (Lipinski definition) is 3. The second-order valence-corrected chi connectivity index (χ2v) is 7.14. The summed E-state index contributed by atoms with van der Waals surface area (Å²) >= 11 is 5.86. The quantitative estimate of drug-likeness (QED) is 0.560. The molecule has 0 spiro atoms. The molecule has 5 heteroatoms. The summed E-state index contributed by atoms with van der Waals surface area (Å²) in [6.07, 6.45) is 0. The van der Waals surface area contributed by atoms with Gasteiger partial charge in [-0.25, -0.2) is 0 Å². The fourth-order valence-corrected chi connectivity index (χ4v) is 4.17. The molecule has 0 aromatic heterocycles. The maximum atomic E-state index is 6.08. The monoisotopic (exact) mass is 345 g/mol. The third kappa shape index (κ3) is 3.83. The molecule has 0 saturated heterocycles. The van der Waals surface area contributed by atoms with Gasteiger partial charge in [0.15, 0.2) is 11.5 Å². The molecular weight excluding hydrogens is 331 g/mol. The van der Waals surface area contributed by atoms with Gasteiger partial charge in [-0.15, -0.1) is 0 Å². The summed E-state index contributed by atoms with van der Waals surface area (Å²) in [5.74, 6) is 1.25. The van der Waals surface area contributed by atoms with E-state index in [0.717, 1.165) is 5.30 Å². The summed E-state index contributed by atoms with van der Waals surface area (Å²) in [5.41, 5.74) is 0. The normalized spacial score (nSPS) is 11.0. The molecule has 3 aromatic carbocycles. The maximum absolute atomic E-state index is 6.08. The average molecular weight is 346 g/mol. The first-order chi connectivity index (χ1) is 11.3. The zero-order valence-corrected chi connectivity index (χ0v) is 13.9. The minimum Gasteiger partial charge on any atom is -0.273 e. The Hall–Kier alpha value is -2.06. The molecule has 0 unspecified atom stereocenters. The van der Waals surface area contributed by atoms with Crippen molar-refractivity contribution < 1.29 is 13.1 Å². The van der Waals surface area contributed by atoms with Crippen LogP contribution < -0.4 is 14.4 Å². The van der Waals surface area contributed by atoms with Crippen molar-refractivity contribution in [1.29, 1.82) is 0 Å². The van der Waals surface area contributed by atoms with Crippen molar-refractivity contribution in [2.24, 2.45) is 0 Å². The first-order valence-corrected chi connectivity index (χ1v) is 8.92. The maximum Gasteiger partial charge on any atom is 0.553 e. The smallest absolute Gasteiger partial charge is 0.273 e. The molecule has 0 radical (unpaired) electrons. The van der Waals surface area contributed by atoms with Crippen molar-refractivity contribution in [2.45, 2.75) is 0 Å². The zero-order chi connectivity index (χ0) is 16.0. The highest BCUT2D eigenvalue weighted by Crippen LogP contribution is 2.60. The van der Waals surface area contributed by atoms with E-state index in [1.54, 1.807) is 0 Å². The molecule has 3 aromatic rings. The predicted octanol–water partition coefficient (Wildman–Crippen LogP) is 5.40. The fraction of sp³-hybridized carbons (Fsp3) is 0. The van der Waals surface area contributed by atoms with Crippen LogP contribution in [0.25, 0.3) is 0 Å². The highest BCUT2D eigenvalue weighted by atomic mass is 35.5. The van der Waals surface area contributed by atoms with Crippen molar-refractivity contribution in [3.63, 3.8) is 0 Å². The van der Waals surface area contributed by atoms with Crippen molar-refractivity contribution >= 4 is 25.1 Å². The molecule has 0 aliphatic heterocycles. The number of hydrogen-bond donors (Lipinski definition) is 0. The Kier molecular flexibility index (Phi) is 5.14. The van der Waals surface area contributed by atoms with Gasteiger partial charge in [-0.2, -0.15) is 0 Å². The van der Waals surface area contributed by atoms with Crippen LogP contribution in [-0.4, -0.2) is 0 Å². The van der Waals surface area contributed by atoms with Gasteiger partial charge in [-0.3, -0.25) is 9.05 Å². The van der Waals surface area contributed by atoms with Crippen LogP contribution in [0.2, 0.25) is 0 Å². The van der Waals surface area contributed by atoms with Crippen molar-refractivity contribution in [3.05, 3.63) is 91.0 Å². The van der Waals surface area contributed by atoms with Crippen molar-refractivity contribution in [1.82, 2.24) is 0 Å². The SMILES string of the molecule is ClO[P+](Oc1ccccc1)(Oc1ccccc1)c1ccccc1. The van der Waals surface area contributed by atoms with Crippen LogP contribution in [0.1, 0.15) is 0 Å². The minimum absolute atomic E-state index is 0.626. The number of para-hydroxylation sites is 2. The molecule has 0 aliphatic rings. The lowest BCUT2D eigenvalue weighted by Gasteiger charge is -2.19. The Labute approximate surface area is 141 Å². The first kappa shape index (κ1) is 15.8. The van der Waals surface area contributed by atoms with Gasteiger partial charge in [-0.05, 0) is 40.5 Å². The van der Waals surface area contributed by atoms with Crippen LogP contribution in [0.5, 0.6) is 11.5 Å². The third-order valence-corrected chi connectivity index (χ3v) is 5.66. The highest BCUT2D eigenvalue weighted by Gasteiger charge is 2.52. The van der Waals surface area contributed by atoms with E-state index in [9.17, 15) is 0 Å². The van der Waals surface area contributed by atoms with E-state index < -0.39 is 7.94 Å². The second kappa shape index (κ2) is 7.47. The molecule has 0 amide bonds. The molecule has 23 heavy (non-hydrogen) atoms. The largest absolute Gasteiger partial charge is 0.553 e. The van der Waals surface area contributed by atoms with Crippen molar-refractivity contribution in [3.8, 4) is 11.5 Å². The third-order valence-electron chi connectivity index (χ3n) is 3.10. The number of benzene rings is 3. The molecule has 0 aliphatic carbocycles. The molecule has 0 heterocycles. The van der Waals surface area contributed by atoms with E-state index in [1.807, 2.05) is 91.0 Å². The van der Waals surface area contributed by atoms with E-state index >= 15 is 0 Å². The topological polar surface area (TPSA) is 27.7 Å². The molecule has 0 saturated carbocycles. The Morgan fingerprint density at radius 2 is 0.957 bits per heavy atom. The van der Waals surface area contributed by atoms with Crippen LogP contribution >= 0.6 is 19.8 Å². The lowest BCUT2D eigenvalue weighted by molar-refractivity contribution is 0.383. The van der Waals surface area contributed by atoms with E-state index in [2.05, 4.69) is 0 Å². The molecule has 0 atom stereocenters. The minimum atomic E-state index is -3.01. The van der Waals surface area contributed by atoms with Gasteiger partial charge in [0, 0.05) is 0 Å². The van der Waals surface area contributed by atoms with Crippen LogP contribution in [0, 0.1) is 0 Å². The van der Waals surface area contributed by atoms with E-state index in [1.165, 1.54) is 0 Å². The Morgan fingerprint density at radius 1 is 0.565 bits per heavy atom. The number of halogens is 1. The summed E-state index contributed by atoms with van der Waals surface area (Å²) in [4.78, 5) is 0. The summed E-state index contributed by atoms with van der Waals surface area (Å²) < 4.78 is 17.4. The summed E-state index contributed by atoms with van der Waals surface area (Å²) in [6.45, 7) is 0. The van der Waals surface area contributed by atoms with Crippen molar-refractivity contribution in [2.75, 3.05) is 0 Å². The highest BCUT2D eigenvalue weighted by molar-refractivity contribution is 7.71. The molecule has 3 rings (SSSR count). The number of rotatable bonds is 6. The van der Waals surface area contributed by atoms with Gasteiger partial charge in [0.2, 0.25) is 5.30 Å². The van der Waals surface area contributed by atoms with Gasteiger partial charge < -0.3 is 0 Å². The van der Waals surface area contributed by atoms with Gasteiger partial charge in [0.05, 0.1) is 0 Å². The fourth-order valence-electron chi connectivity index (χ4n) is 2.04. The van der Waals surface area contributed by atoms with Gasteiger partial charge in [0.1, 0.15) is 11.9 Å². The van der Waals surface area contributed by atoms with Crippen LogP contribution in [0.3, 0.4) is 0 Å². The molecule has 3 nitrogen and oxygen atoms in total. The first-order valence-electron chi connectivity index (χ1n) is 7.07. The average Bonchev–Trinajstić information content (AvgIpc) is 2.63. The van der Waals surface area contributed by atoms with Gasteiger partial charge >= 0.3 is 7.94 Å². The molecule has 116 valence electrons. The Morgan fingerprint density at radius 3 is 1.35 bits per heavy atom. The second-order valence-electron chi connectivity index (χ2n) is 4.71. The predicted molar refractivity (Wildman–Crippen MR) is 94.1 cm³/mol. The molecule has 0 bridgehead atoms. The van der Waals surface area contributed by atoms with Crippen LogP contribution in [0.4, 0.5) is 0 Å². The molecule has 0 N–H and O–H groups in total. The van der Waals surface area contributed by atoms with E-state index in [4.69, 9.17) is 25.0 Å². The van der Waals surface area contributed by atoms with E-state index in [0.29, 0.717) is 11.5 Å². The Balaban J connectivity index is 2.00. The standard InChI is InChI=1S/C18H15ClO3P/c19-22-23(18-14-8-3-9-15-18,20-16-10-4-1-5-11-16)21-17-12-6-2-7-13-17/h1-15H/q+1. The van der Waals surface area contributed by atoms with Crippen LogP contribution in [0.15, 0.2) is 91.0 Å². The van der Waals surface area contributed by atoms with Gasteiger partial charge in [-0.1, -0.05) is 54.6 Å². The van der Waals surface area contributed by atoms with E-state index in [-0.39, 0.29) is 0 Å². The van der Waals surface area contributed by atoms with Gasteiger partial charge in [0.25, 0.3) is 0 Å². The Bertz CT molecular complexity index is 682. The summed E-state index contributed by atoms with van der Waals surface area (Å²) in [7, 11) is -3.01. The lowest BCUT2D eigenvalue weighted by Crippen LogP contribution is -2.21. The molecule has 0 fully saturated rings. The lowest BCUT2D eigenvalue weighted by atomic mass is 10.3. The summed E-state index contributed by atoms with van der Waals surface area (Å²) in [6, 6.07) is 28.1. The van der Waals surface area contributed by atoms with Crippen LogP contribution in [-0.2, 0) is 4.08 Å². The summed E-state index contributed by atoms with van der Waals surface area (Å²) in [5, 5.41) is 0.753. The zero-order valence-electron chi connectivity index (χ0n) is 12.2. The molecular formula is C18H15ClO3P+.